The highest BCUT2D eigenvalue weighted by Gasteiger charge is 2.02. The van der Waals surface area contributed by atoms with E-state index in [1.54, 1.807) is 24.5 Å². The van der Waals surface area contributed by atoms with Crippen LogP contribution in [0.25, 0.3) is 0 Å². The molecule has 1 aromatic carbocycles. The third-order valence-electron chi connectivity index (χ3n) is 2.33. The van der Waals surface area contributed by atoms with Gasteiger partial charge in [0.05, 0.1) is 6.21 Å². The van der Waals surface area contributed by atoms with Crippen LogP contribution in [0.15, 0.2) is 47.9 Å². The number of phenolic OH excluding ortho intramolecular Hbond substituents is 1. The van der Waals surface area contributed by atoms with Crippen LogP contribution in [0, 0.1) is 0 Å². The van der Waals surface area contributed by atoms with Gasteiger partial charge in [-0.3, -0.25) is 4.98 Å². The number of benzene rings is 1. The summed E-state index contributed by atoms with van der Waals surface area (Å²) < 4.78 is 5.50. The molecule has 0 aliphatic heterocycles. The minimum absolute atomic E-state index is 0.00325. The van der Waals surface area contributed by atoms with Gasteiger partial charge in [0, 0.05) is 29.6 Å². The maximum absolute atomic E-state index is 9.62. The maximum Gasteiger partial charge on any atom is 0.128 e. The van der Waals surface area contributed by atoms with Crippen molar-refractivity contribution in [2.75, 3.05) is 0 Å². The molecule has 5 nitrogen and oxygen atoms in total. The highest BCUT2D eigenvalue weighted by molar-refractivity contribution is 5.83. The molecule has 18 heavy (non-hydrogen) atoms. The van der Waals surface area contributed by atoms with Crippen LogP contribution in [0.4, 0.5) is 0 Å². The van der Waals surface area contributed by atoms with Crippen LogP contribution in [-0.2, 0) is 6.61 Å². The van der Waals surface area contributed by atoms with E-state index in [4.69, 9.17) is 9.94 Å². The van der Waals surface area contributed by atoms with E-state index in [1.807, 2.05) is 12.1 Å². The number of oxime groups is 1. The predicted octanol–water partition coefficient (Wildman–Crippen LogP) is 2.17. The average Bonchev–Trinajstić information content (AvgIpc) is 2.41. The molecule has 2 N–H and O–H groups in total. The average molecular weight is 244 g/mol. The largest absolute Gasteiger partial charge is 0.507 e. The summed E-state index contributed by atoms with van der Waals surface area (Å²) in [4.78, 5) is 3.98. The lowest BCUT2D eigenvalue weighted by molar-refractivity contribution is 0.304. The third-order valence-corrected chi connectivity index (χ3v) is 2.33. The molecule has 1 heterocycles. The predicted molar refractivity (Wildman–Crippen MR) is 66.1 cm³/mol. The van der Waals surface area contributed by atoms with Crippen LogP contribution in [-0.4, -0.2) is 21.5 Å². The normalized spacial score (nSPS) is 10.7. The number of rotatable bonds is 4. The first-order valence-electron chi connectivity index (χ1n) is 5.32. The van der Waals surface area contributed by atoms with Crippen LogP contribution in [0.1, 0.15) is 11.1 Å². The van der Waals surface area contributed by atoms with Gasteiger partial charge < -0.3 is 15.1 Å². The van der Waals surface area contributed by atoms with Crippen molar-refractivity contribution in [1.82, 2.24) is 4.98 Å². The highest BCUT2D eigenvalue weighted by atomic mass is 16.5. The van der Waals surface area contributed by atoms with E-state index in [9.17, 15) is 5.11 Å². The summed E-state index contributed by atoms with van der Waals surface area (Å²) >= 11 is 0. The van der Waals surface area contributed by atoms with Crippen molar-refractivity contribution in [3.8, 4) is 11.5 Å². The van der Waals surface area contributed by atoms with Crippen LogP contribution < -0.4 is 4.74 Å². The van der Waals surface area contributed by atoms with Gasteiger partial charge >= 0.3 is 0 Å². The Hall–Kier alpha value is -2.56. The zero-order valence-electron chi connectivity index (χ0n) is 9.52. The van der Waals surface area contributed by atoms with Crippen molar-refractivity contribution in [2.24, 2.45) is 5.16 Å². The molecule has 0 aliphatic carbocycles. The lowest BCUT2D eigenvalue weighted by atomic mass is 10.2. The summed E-state index contributed by atoms with van der Waals surface area (Å²) in [6, 6.07) is 8.49. The van der Waals surface area contributed by atoms with E-state index in [0.717, 1.165) is 11.8 Å². The zero-order valence-corrected chi connectivity index (χ0v) is 9.52. The summed E-state index contributed by atoms with van der Waals surface area (Å²) in [6.07, 6.45) is 4.56. The fourth-order valence-corrected chi connectivity index (χ4v) is 1.43. The second-order valence-electron chi connectivity index (χ2n) is 3.62. The van der Waals surface area contributed by atoms with Gasteiger partial charge in [-0.2, -0.15) is 0 Å². The van der Waals surface area contributed by atoms with Gasteiger partial charge in [-0.05, 0) is 18.2 Å². The van der Waals surface area contributed by atoms with Crippen molar-refractivity contribution < 1.29 is 15.1 Å². The van der Waals surface area contributed by atoms with Gasteiger partial charge in [-0.15, -0.1) is 0 Å². The van der Waals surface area contributed by atoms with Crippen molar-refractivity contribution >= 4 is 6.21 Å². The molecule has 0 unspecified atom stereocenters. The lowest BCUT2D eigenvalue weighted by Crippen LogP contribution is -1.96. The number of hydrogen-bond acceptors (Lipinski definition) is 5. The maximum atomic E-state index is 9.62. The topological polar surface area (TPSA) is 74.9 Å². The van der Waals surface area contributed by atoms with Gasteiger partial charge in [-0.1, -0.05) is 11.2 Å². The van der Waals surface area contributed by atoms with Crippen LogP contribution in [0.2, 0.25) is 0 Å². The number of aromatic hydroxyl groups is 1. The van der Waals surface area contributed by atoms with Crippen molar-refractivity contribution in [2.45, 2.75) is 6.61 Å². The molecule has 0 fully saturated rings. The van der Waals surface area contributed by atoms with Crippen LogP contribution in [0.5, 0.6) is 11.5 Å². The van der Waals surface area contributed by atoms with Crippen LogP contribution in [0.3, 0.4) is 0 Å². The summed E-state index contributed by atoms with van der Waals surface area (Å²) in [5.41, 5.74) is 1.37. The minimum atomic E-state index is -0.00325. The Balaban J connectivity index is 2.04. The zero-order chi connectivity index (χ0) is 12.8. The summed E-state index contributed by atoms with van der Waals surface area (Å²) in [7, 11) is 0. The summed E-state index contributed by atoms with van der Waals surface area (Å²) in [6.45, 7) is 0.376. The van der Waals surface area contributed by atoms with Crippen molar-refractivity contribution in [3.05, 3.63) is 53.9 Å². The quantitative estimate of drug-likeness (QED) is 0.491. The first-order valence-corrected chi connectivity index (χ1v) is 5.32. The highest BCUT2D eigenvalue weighted by Crippen LogP contribution is 2.22. The van der Waals surface area contributed by atoms with E-state index in [2.05, 4.69) is 10.1 Å². The molecule has 0 spiro atoms. The molecular weight excluding hydrogens is 232 g/mol. The van der Waals surface area contributed by atoms with E-state index >= 15 is 0 Å². The van der Waals surface area contributed by atoms with Gasteiger partial charge in [0.25, 0.3) is 0 Å². The molecule has 0 saturated carbocycles. The Bertz CT molecular complexity index is 541. The molecule has 2 aromatic rings. The molecule has 92 valence electrons. The number of ether oxygens (including phenoxy) is 1. The molecule has 1 aromatic heterocycles. The van der Waals surface area contributed by atoms with Crippen molar-refractivity contribution in [3.63, 3.8) is 0 Å². The third kappa shape index (κ3) is 2.98. The molecule has 0 bridgehead atoms. The summed E-state index contributed by atoms with van der Waals surface area (Å²) in [5, 5.41) is 20.9. The van der Waals surface area contributed by atoms with E-state index in [1.165, 1.54) is 6.07 Å². The fraction of sp³-hybridized carbons (Fsp3) is 0.0769. The molecule has 2 rings (SSSR count). The van der Waals surface area contributed by atoms with E-state index < -0.39 is 0 Å². The Labute approximate surface area is 104 Å². The number of phenols is 1. The lowest BCUT2D eigenvalue weighted by Gasteiger charge is -2.07. The molecule has 0 amide bonds. The molecule has 0 radical (unpaired) electrons. The Morgan fingerprint density at radius 3 is 2.89 bits per heavy atom. The number of hydrogen-bond donors (Lipinski definition) is 2. The van der Waals surface area contributed by atoms with E-state index in [0.29, 0.717) is 17.9 Å². The summed E-state index contributed by atoms with van der Waals surface area (Å²) in [5.74, 6) is 0.530. The first-order chi connectivity index (χ1) is 8.79. The SMILES string of the molecule is ON=Cc1ccc(OCc2cccnc2)cc1O. The number of pyridine rings is 1. The molecule has 0 atom stereocenters. The standard InChI is InChI=1S/C13H12N2O3/c16-13-6-12(4-3-11(13)8-15-17)18-9-10-2-1-5-14-7-10/h1-8,16-17H,9H2. The van der Waals surface area contributed by atoms with Crippen LogP contribution >= 0.6 is 0 Å². The number of nitrogens with zero attached hydrogens (tertiary/aromatic N) is 2. The second kappa shape index (κ2) is 5.67. The smallest absolute Gasteiger partial charge is 0.128 e. The second-order valence-corrected chi connectivity index (χ2v) is 3.62. The monoisotopic (exact) mass is 244 g/mol. The van der Waals surface area contributed by atoms with Gasteiger partial charge in [0.15, 0.2) is 0 Å². The molecular formula is C13H12N2O3. The van der Waals surface area contributed by atoms with Gasteiger partial charge in [0.1, 0.15) is 18.1 Å². The van der Waals surface area contributed by atoms with Crippen molar-refractivity contribution in [1.29, 1.82) is 0 Å². The Kier molecular flexibility index (Phi) is 3.76. The fourth-order valence-electron chi connectivity index (χ4n) is 1.43. The van der Waals surface area contributed by atoms with Gasteiger partial charge in [0.2, 0.25) is 0 Å². The van der Waals surface area contributed by atoms with E-state index in [-0.39, 0.29) is 5.75 Å². The molecule has 0 saturated heterocycles. The molecule has 5 heteroatoms. The Morgan fingerprint density at radius 2 is 2.22 bits per heavy atom. The van der Waals surface area contributed by atoms with Gasteiger partial charge in [-0.25, -0.2) is 0 Å². The number of aromatic nitrogens is 1. The molecule has 0 aliphatic rings. The minimum Gasteiger partial charge on any atom is -0.507 e. The Morgan fingerprint density at radius 1 is 1.33 bits per heavy atom. The first kappa shape index (κ1) is 11.9.